The fourth-order valence-electron chi connectivity index (χ4n) is 4.14. The molecule has 1 amide bonds. The van der Waals surface area contributed by atoms with Crippen molar-refractivity contribution in [2.45, 2.75) is 30.3 Å². The van der Waals surface area contributed by atoms with Crippen molar-refractivity contribution in [1.29, 1.82) is 0 Å². The summed E-state index contributed by atoms with van der Waals surface area (Å²) in [7, 11) is -2.82. The first kappa shape index (κ1) is 25.5. The molecule has 1 saturated heterocycles. The van der Waals surface area contributed by atoms with E-state index in [4.69, 9.17) is 27.9 Å². The van der Waals surface area contributed by atoms with Gasteiger partial charge in [0.2, 0.25) is 0 Å². The summed E-state index contributed by atoms with van der Waals surface area (Å²) >= 11 is 12.0. The first-order valence-corrected chi connectivity index (χ1v) is 13.2. The smallest absolute Gasteiger partial charge is 0.255 e. The number of hydrogen-bond donors (Lipinski definition) is 3. The van der Waals surface area contributed by atoms with Crippen LogP contribution in [0.1, 0.15) is 29.6 Å². The highest BCUT2D eigenvalue weighted by Gasteiger charge is 2.21. The summed E-state index contributed by atoms with van der Waals surface area (Å²) in [6, 6.07) is 9.44. The van der Waals surface area contributed by atoms with E-state index in [2.05, 4.69) is 15.2 Å². The predicted molar refractivity (Wildman–Crippen MR) is 137 cm³/mol. The number of piperidine rings is 1. The number of aromatic amines is 1. The van der Waals surface area contributed by atoms with E-state index >= 15 is 0 Å². The summed E-state index contributed by atoms with van der Waals surface area (Å²) < 4.78 is 28.5. The van der Waals surface area contributed by atoms with Crippen molar-refractivity contribution in [1.82, 2.24) is 15.2 Å². The lowest BCUT2D eigenvalue weighted by atomic mass is 10.1. The number of thiol groups is 1. The Morgan fingerprint density at radius 2 is 1.86 bits per heavy atom. The van der Waals surface area contributed by atoms with Gasteiger partial charge in [-0.1, -0.05) is 29.3 Å². The van der Waals surface area contributed by atoms with Crippen LogP contribution in [0.2, 0.25) is 10.0 Å². The number of pyridine rings is 1. The van der Waals surface area contributed by atoms with Crippen LogP contribution < -0.4 is 15.6 Å². The molecule has 1 aliphatic heterocycles. The highest BCUT2D eigenvalue weighted by molar-refractivity contribution is 7.72. The number of nitrogens with zero attached hydrogens (tertiary/aromatic N) is 1. The third kappa shape index (κ3) is 6.35. The molecule has 4 rings (SSSR count). The number of amides is 1. The van der Waals surface area contributed by atoms with Crippen molar-refractivity contribution in [2.24, 2.45) is 0 Å². The average molecular weight is 538 g/mol. The molecule has 35 heavy (non-hydrogen) atoms. The Kier molecular flexibility index (Phi) is 8.33. The van der Waals surface area contributed by atoms with Crippen molar-refractivity contribution in [3.8, 4) is 5.75 Å². The second-order valence-corrected chi connectivity index (χ2v) is 10.2. The lowest BCUT2D eigenvalue weighted by molar-refractivity contribution is 0.0936. The SMILES string of the molecule is O=C(NCCCN1CCC(Oc2ccc(Cl)c(Cl)c2)CC1)c1c[nH]c(=O)c2cc([SH](=O)=O)ccc12. The Bertz CT molecular complexity index is 1360. The number of halogens is 2. The summed E-state index contributed by atoms with van der Waals surface area (Å²) in [4.78, 5) is 29.7. The molecule has 0 spiro atoms. The van der Waals surface area contributed by atoms with E-state index in [0.717, 1.165) is 38.9 Å². The molecule has 186 valence electrons. The Labute approximate surface area is 214 Å². The van der Waals surface area contributed by atoms with Gasteiger partial charge in [-0.3, -0.25) is 9.59 Å². The minimum atomic E-state index is -2.82. The zero-order valence-corrected chi connectivity index (χ0v) is 21.2. The maximum Gasteiger partial charge on any atom is 0.255 e. The largest absolute Gasteiger partial charge is 0.490 e. The van der Waals surface area contributed by atoms with Crippen LogP contribution in [0.25, 0.3) is 10.8 Å². The van der Waals surface area contributed by atoms with Crippen LogP contribution in [0.15, 0.2) is 52.3 Å². The van der Waals surface area contributed by atoms with E-state index < -0.39 is 16.3 Å². The number of likely N-dealkylation sites (tertiary alicyclic amines) is 1. The van der Waals surface area contributed by atoms with Gasteiger partial charge in [-0.05, 0) is 50.1 Å². The highest BCUT2D eigenvalue weighted by Crippen LogP contribution is 2.28. The minimum absolute atomic E-state index is 0.0293. The van der Waals surface area contributed by atoms with E-state index in [1.54, 1.807) is 12.1 Å². The number of aromatic nitrogens is 1. The van der Waals surface area contributed by atoms with Gasteiger partial charge < -0.3 is 19.9 Å². The molecule has 2 aromatic carbocycles. The molecular weight excluding hydrogens is 513 g/mol. The number of benzene rings is 2. The molecular formula is C24H25Cl2N3O5S. The van der Waals surface area contributed by atoms with Gasteiger partial charge >= 0.3 is 0 Å². The molecule has 1 fully saturated rings. The minimum Gasteiger partial charge on any atom is -0.490 e. The molecule has 8 nitrogen and oxygen atoms in total. The summed E-state index contributed by atoms with van der Waals surface area (Å²) in [5, 5.41) is 4.44. The number of rotatable bonds is 8. The number of hydrogen-bond acceptors (Lipinski definition) is 6. The van der Waals surface area contributed by atoms with Crippen molar-refractivity contribution in [3.63, 3.8) is 0 Å². The van der Waals surface area contributed by atoms with E-state index in [9.17, 15) is 18.0 Å². The Hall–Kier alpha value is -2.59. The molecule has 11 heteroatoms. The fraction of sp³-hybridized carbons (Fsp3) is 0.333. The number of carbonyl (C=O) groups is 1. The summed E-state index contributed by atoms with van der Waals surface area (Å²) in [6.45, 7) is 3.11. The zero-order chi connectivity index (χ0) is 24.9. The third-order valence-electron chi connectivity index (χ3n) is 6.01. The number of fused-ring (bicyclic) bond motifs is 1. The topological polar surface area (TPSA) is 109 Å². The van der Waals surface area contributed by atoms with E-state index in [1.807, 2.05) is 6.07 Å². The van der Waals surface area contributed by atoms with Crippen LogP contribution in [0, 0.1) is 0 Å². The summed E-state index contributed by atoms with van der Waals surface area (Å²) in [5.41, 5.74) is -0.144. The van der Waals surface area contributed by atoms with Crippen LogP contribution in [-0.4, -0.2) is 56.5 Å². The quantitative estimate of drug-likeness (QED) is 0.300. The Morgan fingerprint density at radius 1 is 1.09 bits per heavy atom. The number of ether oxygens (including phenoxy) is 1. The molecule has 1 aliphatic rings. The molecule has 0 radical (unpaired) electrons. The second kappa shape index (κ2) is 11.4. The first-order chi connectivity index (χ1) is 16.8. The number of carbonyl (C=O) groups excluding carboxylic acids is 1. The van der Waals surface area contributed by atoms with Gasteiger partial charge in [-0.2, -0.15) is 0 Å². The molecule has 0 saturated carbocycles. The van der Waals surface area contributed by atoms with Crippen LogP contribution in [-0.2, 0) is 10.7 Å². The van der Waals surface area contributed by atoms with Crippen LogP contribution in [0.5, 0.6) is 5.75 Å². The van der Waals surface area contributed by atoms with Crippen molar-refractivity contribution in [2.75, 3.05) is 26.2 Å². The predicted octanol–water partition coefficient (Wildman–Crippen LogP) is 3.47. The standard InChI is InChI=1S/C24H25Cl2N3O5S/c25-21-5-2-16(12-22(21)26)34-15-6-10-29(11-7-15)9-1-8-27-24(31)20-14-28-23(30)19-13-17(35(32)33)3-4-18(19)20/h2-5,12-15,35H,1,6-11H2,(H,27,31)(H,28,30). The fourth-order valence-corrected chi connectivity index (χ4v) is 4.86. The highest BCUT2D eigenvalue weighted by atomic mass is 35.5. The van der Waals surface area contributed by atoms with Crippen molar-refractivity contribution < 1.29 is 17.9 Å². The second-order valence-electron chi connectivity index (χ2n) is 8.36. The van der Waals surface area contributed by atoms with E-state index in [-0.39, 0.29) is 22.3 Å². The lowest BCUT2D eigenvalue weighted by Crippen LogP contribution is -2.39. The van der Waals surface area contributed by atoms with Crippen molar-refractivity contribution in [3.05, 3.63) is 68.6 Å². The molecule has 0 unspecified atom stereocenters. The number of H-pyrrole nitrogens is 1. The average Bonchev–Trinajstić information content (AvgIpc) is 2.85. The molecule has 1 aromatic heterocycles. The summed E-state index contributed by atoms with van der Waals surface area (Å²) in [6.07, 6.45) is 4.04. The van der Waals surface area contributed by atoms with Crippen LogP contribution in [0.4, 0.5) is 0 Å². The zero-order valence-electron chi connectivity index (χ0n) is 18.8. The van der Waals surface area contributed by atoms with Crippen LogP contribution >= 0.6 is 23.2 Å². The normalized spacial score (nSPS) is 14.9. The molecule has 2 N–H and O–H groups in total. The van der Waals surface area contributed by atoms with E-state index in [0.29, 0.717) is 33.3 Å². The van der Waals surface area contributed by atoms with Gasteiger partial charge in [-0.15, -0.1) is 0 Å². The first-order valence-electron chi connectivity index (χ1n) is 11.2. The molecule has 3 aromatic rings. The lowest BCUT2D eigenvalue weighted by Gasteiger charge is -2.32. The maximum atomic E-state index is 12.7. The third-order valence-corrected chi connectivity index (χ3v) is 7.44. The molecule has 0 bridgehead atoms. The Balaban J connectivity index is 1.24. The number of nitrogens with one attached hydrogen (secondary N) is 2. The van der Waals surface area contributed by atoms with Gasteiger partial charge in [0.15, 0.2) is 10.7 Å². The van der Waals surface area contributed by atoms with Gasteiger partial charge in [-0.25, -0.2) is 8.42 Å². The maximum absolute atomic E-state index is 12.7. The molecule has 0 aliphatic carbocycles. The molecule has 2 heterocycles. The van der Waals surface area contributed by atoms with Crippen LogP contribution in [0.3, 0.4) is 0 Å². The van der Waals surface area contributed by atoms with Crippen molar-refractivity contribution >= 4 is 50.6 Å². The Morgan fingerprint density at radius 3 is 2.57 bits per heavy atom. The van der Waals surface area contributed by atoms with Gasteiger partial charge in [0, 0.05) is 42.7 Å². The van der Waals surface area contributed by atoms with E-state index in [1.165, 1.54) is 24.4 Å². The van der Waals surface area contributed by atoms with Gasteiger partial charge in [0.25, 0.3) is 11.5 Å². The summed E-state index contributed by atoms with van der Waals surface area (Å²) in [5.74, 6) is 0.396. The monoisotopic (exact) mass is 537 g/mol. The van der Waals surface area contributed by atoms with Gasteiger partial charge in [0.05, 0.1) is 20.5 Å². The molecule has 0 atom stereocenters. The van der Waals surface area contributed by atoms with Gasteiger partial charge in [0.1, 0.15) is 11.9 Å².